The van der Waals surface area contributed by atoms with E-state index in [4.69, 9.17) is 0 Å². The third-order valence-corrected chi connectivity index (χ3v) is 0.707. The van der Waals surface area contributed by atoms with Crippen LogP contribution in [0.5, 0.6) is 0 Å². The standard InChI is InChI=1S/2C4H9.BrH.Pt/c2*1-3-4-2;;/h2*1,3-4H2,2H3;1H;/q2*-1;;+2/p-1. The Morgan fingerprint density at radius 1 is 0.900 bits per heavy atom. The van der Waals surface area contributed by atoms with Gasteiger partial charge in [-0.15, -0.1) is 0 Å². The molecule has 0 unspecified atom stereocenters. The van der Waals surface area contributed by atoms with Gasteiger partial charge in [-0.3, -0.25) is 0 Å². The molecule has 68 valence electrons. The van der Waals surface area contributed by atoms with Gasteiger partial charge in [0, 0.05) is 0 Å². The quantitative estimate of drug-likeness (QED) is 0.594. The molecule has 0 aromatic rings. The van der Waals surface area contributed by atoms with Gasteiger partial charge >= 0.3 is 21.1 Å². The Hall–Kier alpha value is 1.17. The number of rotatable bonds is 2. The summed E-state index contributed by atoms with van der Waals surface area (Å²) in [6.07, 6.45) is 4.56. The van der Waals surface area contributed by atoms with E-state index in [-0.39, 0.29) is 38.0 Å². The third-order valence-electron chi connectivity index (χ3n) is 0.707. The van der Waals surface area contributed by atoms with Crippen LogP contribution < -0.4 is 17.0 Å². The van der Waals surface area contributed by atoms with Crippen molar-refractivity contribution in [2.75, 3.05) is 0 Å². The second-order valence-electron chi connectivity index (χ2n) is 1.71. The minimum absolute atomic E-state index is 0. The molecule has 0 N–H and O–H groups in total. The van der Waals surface area contributed by atoms with E-state index in [0.717, 1.165) is 12.8 Å². The van der Waals surface area contributed by atoms with Crippen LogP contribution in [0.3, 0.4) is 0 Å². The summed E-state index contributed by atoms with van der Waals surface area (Å²) in [4.78, 5) is 0. The molecule has 0 aliphatic rings. The van der Waals surface area contributed by atoms with E-state index >= 15 is 0 Å². The zero-order valence-corrected chi connectivity index (χ0v) is 10.8. The molecule has 2 heteroatoms. The van der Waals surface area contributed by atoms with Crippen LogP contribution in [0.1, 0.15) is 39.5 Å². The average molecular weight is 389 g/mol. The normalized spacial score (nSPS) is 6.00. The van der Waals surface area contributed by atoms with Crippen LogP contribution >= 0.6 is 0 Å². The largest absolute Gasteiger partial charge is 2.00 e. The second kappa shape index (κ2) is 32.0. The van der Waals surface area contributed by atoms with Crippen LogP contribution in [-0.4, -0.2) is 0 Å². The molecular formula is C8H18BrPt-. The summed E-state index contributed by atoms with van der Waals surface area (Å²) in [6, 6.07) is 0. The van der Waals surface area contributed by atoms with Crippen molar-refractivity contribution in [3.63, 3.8) is 0 Å². The molecule has 0 saturated carbocycles. The number of hydrogen-bond acceptors (Lipinski definition) is 0. The van der Waals surface area contributed by atoms with Crippen molar-refractivity contribution in [2.45, 2.75) is 39.5 Å². The first-order valence-corrected chi connectivity index (χ1v) is 3.41. The monoisotopic (exact) mass is 388 g/mol. The van der Waals surface area contributed by atoms with Crippen molar-refractivity contribution < 1.29 is 38.0 Å². The van der Waals surface area contributed by atoms with Crippen LogP contribution in [0.2, 0.25) is 0 Å². The Morgan fingerprint density at radius 2 is 1.00 bits per heavy atom. The summed E-state index contributed by atoms with van der Waals surface area (Å²) in [6.45, 7) is 11.4. The molecule has 0 rings (SSSR count). The van der Waals surface area contributed by atoms with E-state index in [9.17, 15) is 0 Å². The van der Waals surface area contributed by atoms with E-state index in [1.165, 1.54) is 12.8 Å². The average Bonchev–Trinajstić information content (AvgIpc) is 1.88. The molecule has 10 heavy (non-hydrogen) atoms. The summed E-state index contributed by atoms with van der Waals surface area (Å²) in [7, 11) is 0. The van der Waals surface area contributed by atoms with Gasteiger partial charge in [0.1, 0.15) is 0 Å². The summed E-state index contributed by atoms with van der Waals surface area (Å²) in [5.74, 6) is 0. The van der Waals surface area contributed by atoms with Crippen LogP contribution in [0, 0.1) is 13.8 Å². The summed E-state index contributed by atoms with van der Waals surface area (Å²) >= 11 is 0. The van der Waals surface area contributed by atoms with Crippen molar-refractivity contribution >= 4 is 0 Å². The summed E-state index contributed by atoms with van der Waals surface area (Å²) < 4.78 is 0. The van der Waals surface area contributed by atoms with Gasteiger partial charge in [0.15, 0.2) is 0 Å². The van der Waals surface area contributed by atoms with Crippen LogP contribution in [0.15, 0.2) is 0 Å². The molecule has 0 nitrogen and oxygen atoms in total. The minimum Gasteiger partial charge on any atom is -1.00 e. The zero-order chi connectivity index (χ0) is 6.83. The first-order valence-electron chi connectivity index (χ1n) is 3.41. The van der Waals surface area contributed by atoms with Gasteiger partial charge in [-0.2, -0.15) is 12.8 Å². The molecule has 0 aromatic carbocycles. The fraction of sp³-hybridized carbons (Fsp3) is 0.750. The molecule has 0 bridgehead atoms. The van der Waals surface area contributed by atoms with Gasteiger partial charge in [0.25, 0.3) is 0 Å². The Labute approximate surface area is 91.2 Å². The maximum absolute atomic E-state index is 3.60. The zero-order valence-electron chi connectivity index (χ0n) is 6.94. The van der Waals surface area contributed by atoms with Gasteiger partial charge in [-0.1, -0.05) is 26.7 Å². The van der Waals surface area contributed by atoms with E-state index in [0.29, 0.717) is 0 Å². The van der Waals surface area contributed by atoms with Gasteiger partial charge in [0.2, 0.25) is 0 Å². The fourth-order valence-corrected chi connectivity index (χ4v) is 0. The maximum Gasteiger partial charge on any atom is 2.00 e. The molecule has 0 heterocycles. The van der Waals surface area contributed by atoms with Crippen LogP contribution in [0.25, 0.3) is 0 Å². The number of unbranched alkanes of at least 4 members (excludes halogenated alkanes) is 2. The van der Waals surface area contributed by atoms with Gasteiger partial charge < -0.3 is 30.8 Å². The SMILES string of the molecule is [Br-].[CH2-]CCC.[CH2-]CCC.[Pt+2]. The molecular weight excluding hydrogens is 371 g/mol. The van der Waals surface area contributed by atoms with E-state index in [1.54, 1.807) is 0 Å². The number of hydrogen-bond donors (Lipinski definition) is 0. The molecule has 0 fully saturated rings. The Morgan fingerprint density at radius 3 is 1.00 bits per heavy atom. The summed E-state index contributed by atoms with van der Waals surface area (Å²) in [5, 5.41) is 0. The smallest absolute Gasteiger partial charge is 1.00 e. The molecule has 0 radical (unpaired) electrons. The van der Waals surface area contributed by atoms with Crippen molar-refractivity contribution in [3.05, 3.63) is 13.8 Å². The Kier molecular flexibility index (Phi) is 71.9. The third kappa shape index (κ3) is 60.9. The predicted octanol–water partition coefficient (Wildman–Crippen LogP) is 0.243. The Balaban J connectivity index is -0.0000000300. The molecule has 0 aliphatic heterocycles. The van der Waals surface area contributed by atoms with Crippen LogP contribution in [0.4, 0.5) is 0 Å². The van der Waals surface area contributed by atoms with Crippen molar-refractivity contribution in [2.24, 2.45) is 0 Å². The summed E-state index contributed by atoms with van der Waals surface area (Å²) in [5.41, 5.74) is 0. The second-order valence-corrected chi connectivity index (χ2v) is 1.71. The molecule has 0 spiro atoms. The topological polar surface area (TPSA) is 0 Å². The van der Waals surface area contributed by atoms with Gasteiger partial charge in [-0.25, -0.2) is 0 Å². The van der Waals surface area contributed by atoms with Gasteiger partial charge in [0.05, 0.1) is 0 Å². The molecule has 0 saturated heterocycles. The predicted molar refractivity (Wildman–Crippen MR) is 40.5 cm³/mol. The maximum atomic E-state index is 3.60. The minimum atomic E-state index is 0. The Bertz CT molecular complexity index is 17.2. The van der Waals surface area contributed by atoms with Gasteiger partial charge in [-0.05, 0) is 0 Å². The molecule has 0 aliphatic carbocycles. The van der Waals surface area contributed by atoms with Crippen molar-refractivity contribution in [1.82, 2.24) is 0 Å². The van der Waals surface area contributed by atoms with Crippen LogP contribution in [-0.2, 0) is 21.1 Å². The fourth-order valence-electron chi connectivity index (χ4n) is 0. The first kappa shape index (κ1) is 22.5. The first-order chi connectivity index (χ1) is 3.83. The van der Waals surface area contributed by atoms with E-state index < -0.39 is 0 Å². The molecule has 0 aromatic heterocycles. The van der Waals surface area contributed by atoms with Crippen molar-refractivity contribution in [1.29, 1.82) is 0 Å². The number of halogens is 1. The van der Waals surface area contributed by atoms with E-state index in [2.05, 4.69) is 27.7 Å². The molecule has 0 amide bonds. The molecule has 0 atom stereocenters. The van der Waals surface area contributed by atoms with Crippen molar-refractivity contribution in [3.8, 4) is 0 Å². The van der Waals surface area contributed by atoms with E-state index in [1.807, 2.05) is 0 Å².